The van der Waals surface area contributed by atoms with Crippen LogP contribution in [-0.4, -0.2) is 26.0 Å². The number of hydrogen-bond acceptors (Lipinski definition) is 3. The van der Waals surface area contributed by atoms with Gasteiger partial charge in [-0.1, -0.05) is 19.1 Å². The zero-order chi connectivity index (χ0) is 15.1. The number of nitrogens with one attached hydrogen (secondary N) is 1. The van der Waals surface area contributed by atoms with Crippen molar-refractivity contribution in [1.29, 1.82) is 5.26 Å². The molecule has 4 nitrogen and oxygen atoms in total. The summed E-state index contributed by atoms with van der Waals surface area (Å²) < 4.78 is 0. The van der Waals surface area contributed by atoms with Crippen LogP contribution in [0.5, 0.6) is 0 Å². The van der Waals surface area contributed by atoms with E-state index in [-0.39, 0.29) is 18.4 Å². The Kier molecular flexibility index (Phi) is 6.05. The first-order valence-corrected chi connectivity index (χ1v) is 6.94. The fraction of sp³-hybridized carbons (Fsp3) is 0.500. The molecule has 2 atom stereocenters. The molecule has 4 heteroatoms. The first-order chi connectivity index (χ1) is 9.47. The monoisotopic (exact) mass is 273 g/mol. The van der Waals surface area contributed by atoms with E-state index in [1.165, 1.54) is 0 Å². The number of carbonyl (C=O) groups excluding carboxylic acids is 1. The standard InChI is InChI=1S/C16H23N3O/c1-5-12(2)18-16(20)10-14(11-17)13-6-8-15(9-7-13)19(3)4/h6-9,12,14H,5,10H2,1-4H3,(H,18,20). The van der Waals surface area contributed by atoms with Gasteiger partial charge in [0, 0.05) is 32.2 Å². The first kappa shape index (κ1) is 16.0. The second kappa shape index (κ2) is 7.54. The van der Waals surface area contributed by atoms with Crippen molar-refractivity contribution >= 4 is 11.6 Å². The van der Waals surface area contributed by atoms with Gasteiger partial charge in [0.15, 0.2) is 0 Å². The van der Waals surface area contributed by atoms with Gasteiger partial charge in [-0.05, 0) is 31.0 Å². The summed E-state index contributed by atoms with van der Waals surface area (Å²) in [6, 6.07) is 10.1. The highest BCUT2D eigenvalue weighted by Gasteiger charge is 2.16. The molecule has 0 aliphatic rings. The van der Waals surface area contributed by atoms with Crippen molar-refractivity contribution < 1.29 is 4.79 Å². The minimum absolute atomic E-state index is 0.0670. The Morgan fingerprint density at radius 2 is 1.95 bits per heavy atom. The van der Waals surface area contributed by atoms with Gasteiger partial charge >= 0.3 is 0 Å². The van der Waals surface area contributed by atoms with Gasteiger partial charge in [0.05, 0.1) is 12.0 Å². The number of nitrogens with zero attached hydrogens (tertiary/aromatic N) is 2. The Bertz CT molecular complexity index is 473. The fourth-order valence-corrected chi connectivity index (χ4v) is 1.86. The predicted octanol–water partition coefficient (Wildman–Crippen LogP) is 2.66. The molecule has 0 aliphatic heterocycles. The van der Waals surface area contributed by atoms with E-state index in [2.05, 4.69) is 11.4 Å². The molecule has 0 spiro atoms. The number of benzene rings is 1. The van der Waals surface area contributed by atoms with Crippen molar-refractivity contribution in [1.82, 2.24) is 5.32 Å². The number of hydrogen-bond donors (Lipinski definition) is 1. The maximum Gasteiger partial charge on any atom is 0.221 e. The van der Waals surface area contributed by atoms with Crippen molar-refractivity contribution in [2.45, 2.75) is 38.6 Å². The Balaban J connectivity index is 2.71. The van der Waals surface area contributed by atoms with Crippen LogP contribution >= 0.6 is 0 Å². The van der Waals surface area contributed by atoms with Gasteiger partial charge in [-0.3, -0.25) is 4.79 Å². The lowest BCUT2D eigenvalue weighted by molar-refractivity contribution is -0.121. The van der Waals surface area contributed by atoms with Gasteiger partial charge in [-0.2, -0.15) is 5.26 Å². The Labute approximate surface area is 121 Å². The number of amides is 1. The van der Waals surface area contributed by atoms with Gasteiger partial charge in [0.2, 0.25) is 5.91 Å². The van der Waals surface area contributed by atoms with E-state index in [1.54, 1.807) is 0 Å². The van der Waals surface area contributed by atoms with Gasteiger partial charge in [0.1, 0.15) is 0 Å². The molecule has 108 valence electrons. The van der Waals surface area contributed by atoms with Crippen LogP contribution in [0, 0.1) is 11.3 Å². The smallest absolute Gasteiger partial charge is 0.221 e. The molecular formula is C16H23N3O. The molecule has 1 amide bonds. The SMILES string of the molecule is CCC(C)NC(=O)CC(C#N)c1ccc(N(C)C)cc1. The summed E-state index contributed by atoms with van der Waals surface area (Å²) in [6.07, 6.45) is 1.10. The van der Waals surface area contributed by atoms with Gasteiger partial charge < -0.3 is 10.2 Å². The van der Waals surface area contributed by atoms with E-state index in [0.29, 0.717) is 0 Å². The maximum absolute atomic E-state index is 11.9. The van der Waals surface area contributed by atoms with E-state index in [1.807, 2.05) is 57.1 Å². The largest absolute Gasteiger partial charge is 0.378 e. The first-order valence-electron chi connectivity index (χ1n) is 6.94. The second-order valence-corrected chi connectivity index (χ2v) is 5.25. The minimum Gasteiger partial charge on any atom is -0.378 e. The molecule has 0 bridgehead atoms. The van der Waals surface area contributed by atoms with E-state index in [9.17, 15) is 10.1 Å². The minimum atomic E-state index is -0.393. The summed E-state index contributed by atoms with van der Waals surface area (Å²) in [5.74, 6) is -0.460. The number of rotatable bonds is 6. The zero-order valence-electron chi connectivity index (χ0n) is 12.7. The molecule has 0 aromatic heterocycles. The molecule has 0 radical (unpaired) electrons. The molecule has 0 aliphatic carbocycles. The number of carbonyl (C=O) groups is 1. The normalized spacial score (nSPS) is 13.2. The molecule has 2 unspecified atom stereocenters. The molecule has 1 aromatic rings. The van der Waals surface area contributed by atoms with Crippen molar-refractivity contribution in [3.05, 3.63) is 29.8 Å². The summed E-state index contributed by atoms with van der Waals surface area (Å²) in [6.45, 7) is 3.98. The van der Waals surface area contributed by atoms with Gasteiger partial charge in [0.25, 0.3) is 0 Å². The topological polar surface area (TPSA) is 56.1 Å². The lowest BCUT2D eigenvalue weighted by Gasteiger charge is -2.16. The fourth-order valence-electron chi connectivity index (χ4n) is 1.86. The molecule has 1 N–H and O–H groups in total. The lowest BCUT2D eigenvalue weighted by Crippen LogP contribution is -2.32. The van der Waals surface area contributed by atoms with Crippen molar-refractivity contribution in [3.63, 3.8) is 0 Å². The molecule has 1 aromatic carbocycles. The molecule has 0 heterocycles. The van der Waals surface area contributed by atoms with Crippen LogP contribution in [0.15, 0.2) is 24.3 Å². The average molecular weight is 273 g/mol. The average Bonchev–Trinajstić information content (AvgIpc) is 2.44. The van der Waals surface area contributed by atoms with Crippen LogP contribution < -0.4 is 10.2 Å². The summed E-state index contributed by atoms with van der Waals surface area (Å²) >= 11 is 0. The van der Waals surface area contributed by atoms with Crippen LogP contribution in [0.3, 0.4) is 0 Å². The van der Waals surface area contributed by atoms with E-state index >= 15 is 0 Å². The highest BCUT2D eigenvalue weighted by Crippen LogP contribution is 2.22. The zero-order valence-corrected chi connectivity index (χ0v) is 12.7. The highest BCUT2D eigenvalue weighted by atomic mass is 16.1. The van der Waals surface area contributed by atoms with Crippen molar-refractivity contribution in [3.8, 4) is 6.07 Å². The molecule has 0 fully saturated rings. The molecule has 1 rings (SSSR count). The quantitative estimate of drug-likeness (QED) is 0.867. The van der Waals surface area contributed by atoms with Crippen LogP contribution in [0.2, 0.25) is 0 Å². The Morgan fingerprint density at radius 1 is 1.35 bits per heavy atom. The van der Waals surface area contributed by atoms with Crippen molar-refractivity contribution in [2.75, 3.05) is 19.0 Å². The predicted molar refractivity (Wildman–Crippen MR) is 81.6 cm³/mol. The third-order valence-electron chi connectivity index (χ3n) is 3.38. The van der Waals surface area contributed by atoms with Crippen LogP contribution in [0.1, 0.15) is 38.2 Å². The summed E-state index contributed by atoms with van der Waals surface area (Å²) in [5, 5.41) is 12.2. The second-order valence-electron chi connectivity index (χ2n) is 5.25. The number of anilines is 1. The van der Waals surface area contributed by atoms with Crippen LogP contribution in [0.4, 0.5) is 5.69 Å². The Morgan fingerprint density at radius 3 is 2.40 bits per heavy atom. The maximum atomic E-state index is 11.9. The van der Waals surface area contributed by atoms with Crippen molar-refractivity contribution in [2.24, 2.45) is 0 Å². The Hall–Kier alpha value is -2.02. The summed E-state index contributed by atoms with van der Waals surface area (Å²) in [7, 11) is 3.94. The van der Waals surface area contributed by atoms with Crippen LogP contribution in [0.25, 0.3) is 0 Å². The van der Waals surface area contributed by atoms with Gasteiger partial charge in [-0.15, -0.1) is 0 Å². The lowest BCUT2D eigenvalue weighted by atomic mass is 9.96. The third-order valence-corrected chi connectivity index (χ3v) is 3.38. The summed E-state index contributed by atoms with van der Waals surface area (Å²) in [5.41, 5.74) is 1.96. The number of nitriles is 1. The van der Waals surface area contributed by atoms with Gasteiger partial charge in [-0.25, -0.2) is 0 Å². The molecular weight excluding hydrogens is 250 g/mol. The summed E-state index contributed by atoms with van der Waals surface area (Å²) in [4.78, 5) is 13.9. The van der Waals surface area contributed by atoms with E-state index < -0.39 is 5.92 Å². The van der Waals surface area contributed by atoms with Crippen LogP contribution in [-0.2, 0) is 4.79 Å². The van der Waals surface area contributed by atoms with E-state index in [4.69, 9.17) is 0 Å². The molecule has 20 heavy (non-hydrogen) atoms. The van der Waals surface area contributed by atoms with E-state index in [0.717, 1.165) is 17.7 Å². The third kappa shape index (κ3) is 4.58. The molecule has 0 saturated heterocycles. The highest BCUT2D eigenvalue weighted by molar-refractivity contribution is 5.77. The molecule has 0 saturated carbocycles.